The van der Waals surface area contributed by atoms with E-state index in [-0.39, 0.29) is 11.6 Å². The summed E-state index contributed by atoms with van der Waals surface area (Å²) in [5.41, 5.74) is 6.79. The van der Waals surface area contributed by atoms with Gasteiger partial charge in [-0.2, -0.15) is 13.2 Å². The minimum Gasteiger partial charge on any atom is -0.384 e. The zero-order chi connectivity index (χ0) is 15.6. The van der Waals surface area contributed by atoms with Crippen LogP contribution in [0.15, 0.2) is 36.4 Å². The summed E-state index contributed by atoms with van der Waals surface area (Å²) >= 11 is 0. The summed E-state index contributed by atoms with van der Waals surface area (Å²) in [5, 5.41) is 0. The summed E-state index contributed by atoms with van der Waals surface area (Å²) in [6.07, 6.45) is -4.43. The van der Waals surface area contributed by atoms with Crippen molar-refractivity contribution in [3.05, 3.63) is 53.1 Å². The second kappa shape index (κ2) is 5.63. The molecule has 0 amide bonds. The van der Waals surface area contributed by atoms with Gasteiger partial charge in [0.05, 0.1) is 5.56 Å². The van der Waals surface area contributed by atoms with Crippen molar-refractivity contribution >= 4 is 11.6 Å². The minimum absolute atomic E-state index is 0.143. The monoisotopic (exact) mass is 295 g/mol. The first-order valence-electron chi connectivity index (χ1n) is 6.37. The van der Waals surface area contributed by atoms with Gasteiger partial charge in [-0.05, 0) is 24.6 Å². The minimum atomic E-state index is -4.43. The van der Waals surface area contributed by atoms with Gasteiger partial charge >= 0.3 is 6.18 Å². The Labute approximate surface area is 121 Å². The van der Waals surface area contributed by atoms with Gasteiger partial charge < -0.3 is 10.6 Å². The van der Waals surface area contributed by atoms with E-state index in [1.165, 1.54) is 0 Å². The molecule has 1 aromatic carbocycles. The first-order valence-corrected chi connectivity index (χ1v) is 6.37. The van der Waals surface area contributed by atoms with Gasteiger partial charge in [0.1, 0.15) is 11.6 Å². The molecule has 1 heterocycles. The Morgan fingerprint density at radius 1 is 1.14 bits per heavy atom. The molecule has 112 valence electrons. The van der Waals surface area contributed by atoms with Gasteiger partial charge in [0.25, 0.3) is 0 Å². The number of alkyl halides is 3. The van der Waals surface area contributed by atoms with Crippen LogP contribution in [0.5, 0.6) is 0 Å². The van der Waals surface area contributed by atoms with E-state index < -0.39 is 11.7 Å². The summed E-state index contributed by atoms with van der Waals surface area (Å²) in [7, 11) is 1.68. The number of rotatable bonds is 3. The number of halogens is 3. The van der Waals surface area contributed by atoms with E-state index in [2.05, 4.69) is 4.98 Å². The van der Waals surface area contributed by atoms with Crippen molar-refractivity contribution in [1.29, 1.82) is 0 Å². The van der Waals surface area contributed by atoms with Crippen molar-refractivity contribution in [2.75, 3.05) is 17.7 Å². The third kappa shape index (κ3) is 3.87. The largest absolute Gasteiger partial charge is 0.416 e. The lowest BCUT2D eigenvalue weighted by molar-refractivity contribution is -0.137. The van der Waals surface area contributed by atoms with Gasteiger partial charge in [-0.1, -0.05) is 29.8 Å². The highest BCUT2D eigenvalue weighted by Crippen LogP contribution is 2.32. The molecular formula is C15H16F3N3. The summed E-state index contributed by atoms with van der Waals surface area (Å²) in [6, 6.07) is 9.62. The predicted molar refractivity (Wildman–Crippen MR) is 76.9 cm³/mol. The molecule has 3 nitrogen and oxygen atoms in total. The predicted octanol–water partition coefficient (Wildman–Crippen LogP) is 3.63. The Morgan fingerprint density at radius 3 is 2.33 bits per heavy atom. The number of nitrogen functional groups attached to an aromatic ring is 1. The molecule has 1 aromatic heterocycles. The average molecular weight is 295 g/mol. The third-order valence-electron chi connectivity index (χ3n) is 3.09. The zero-order valence-corrected chi connectivity index (χ0v) is 11.8. The number of pyridine rings is 1. The van der Waals surface area contributed by atoms with E-state index in [1.807, 2.05) is 31.2 Å². The van der Waals surface area contributed by atoms with E-state index in [0.717, 1.165) is 23.3 Å². The standard InChI is InChI=1S/C15H16F3N3/c1-10-3-5-11(6-4-10)9-21(2)14-8-12(15(16,17)18)7-13(19)20-14/h3-8H,9H2,1-2H3,(H2,19,20). The van der Waals surface area contributed by atoms with Crippen molar-refractivity contribution in [2.45, 2.75) is 19.6 Å². The van der Waals surface area contributed by atoms with Gasteiger partial charge in [0.2, 0.25) is 0 Å². The van der Waals surface area contributed by atoms with Crippen LogP contribution < -0.4 is 10.6 Å². The van der Waals surface area contributed by atoms with Crippen LogP contribution in [0.2, 0.25) is 0 Å². The van der Waals surface area contributed by atoms with Crippen LogP contribution in [0.3, 0.4) is 0 Å². The van der Waals surface area contributed by atoms with Crippen LogP contribution in [0, 0.1) is 6.92 Å². The maximum Gasteiger partial charge on any atom is 0.416 e. The summed E-state index contributed by atoms with van der Waals surface area (Å²) < 4.78 is 38.3. The Balaban J connectivity index is 2.24. The molecule has 2 rings (SSSR count). The molecule has 0 radical (unpaired) electrons. The lowest BCUT2D eigenvalue weighted by Gasteiger charge is -2.20. The third-order valence-corrected chi connectivity index (χ3v) is 3.09. The quantitative estimate of drug-likeness (QED) is 0.940. The van der Waals surface area contributed by atoms with Crippen LogP contribution in [0.1, 0.15) is 16.7 Å². The Kier molecular flexibility index (Phi) is 4.06. The van der Waals surface area contributed by atoms with Crippen molar-refractivity contribution in [1.82, 2.24) is 4.98 Å². The van der Waals surface area contributed by atoms with Gasteiger partial charge in [0.15, 0.2) is 0 Å². The smallest absolute Gasteiger partial charge is 0.384 e. The second-order valence-corrected chi connectivity index (χ2v) is 4.98. The fourth-order valence-electron chi connectivity index (χ4n) is 1.94. The van der Waals surface area contributed by atoms with E-state index in [9.17, 15) is 13.2 Å². The van der Waals surface area contributed by atoms with Gasteiger partial charge in [-0.3, -0.25) is 0 Å². The molecule has 0 aliphatic rings. The maximum absolute atomic E-state index is 12.8. The highest BCUT2D eigenvalue weighted by molar-refractivity contribution is 5.49. The number of nitrogens with zero attached hydrogens (tertiary/aromatic N) is 2. The van der Waals surface area contributed by atoms with Gasteiger partial charge in [-0.25, -0.2) is 4.98 Å². The fraction of sp³-hybridized carbons (Fsp3) is 0.267. The summed E-state index contributed by atoms with van der Waals surface area (Å²) in [6.45, 7) is 2.43. The zero-order valence-electron chi connectivity index (χ0n) is 11.8. The van der Waals surface area contributed by atoms with Crippen molar-refractivity contribution in [2.24, 2.45) is 0 Å². The van der Waals surface area contributed by atoms with E-state index in [1.54, 1.807) is 11.9 Å². The molecule has 0 aliphatic heterocycles. The SMILES string of the molecule is Cc1ccc(CN(C)c2cc(C(F)(F)F)cc(N)n2)cc1. The molecule has 0 saturated heterocycles. The molecule has 0 fully saturated rings. The summed E-state index contributed by atoms with van der Waals surface area (Å²) in [4.78, 5) is 5.60. The topological polar surface area (TPSA) is 42.1 Å². The molecule has 0 unspecified atom stereocenters. The van der Waals surface area contributed by atoms with Crippen LogP contribution in [0.4, 0.5) is 24.8 Å². The van der Waals surface area contributed by atoms with E-state index >= 15 is 0 Å². The number of aryl methyl sites for hydroxylation is 1. The highest BCUT2D eigenvalue weighted by atomic mass is 19.4. The number of anilines is 2. The molecule has 0 spiro atoms. The van der Waals surface area contributed by atoms with E-state index in [4.69, 9.17) is 5.73 Å². The number of hydrogen-bond acceptors (Lipinski definition) is 3. The van der Waals surface area contributed by atoms with Crippen molar-refractivity contribution in [3.8, 4) is 0 Å². The number of nitrogens with two attached hydrogens (primary N) is 1. The molecule has 0 aliphatic carbocycles. The Morgan fingerprint density at radius 2 is 1.76 bits per heavy atom. The van der Waals surface area contributed by atoms with Crippen LogP contribution in [0.25, 0.3) is 0 Å². The molecule has 0 saturated carbocycles. The molecule has 2 N–H and O–H groups in total. The maximum atomic E-state index is 12.8. The molecule has 2 aromatic rings. The number of benzene rings is 1. The normalized spacial score (nSPS) is 11.5. The van der Waals surface area contributed by atoms with Gasteiger partial charge in [0, 0.05) is 13.6 Å². The lowest BCUT2D eigenvalue weighted by atomic mass is 10.1. The molecule has 0 atom stereocenters. The average Bonchev–Trinajstić information content (AvgIpc) is 2.39. The Hall–Kier alpha value is -2.24. The van der Waals surface area contributed by atoms with Crippen LogP contribution >= 0.6 is 0 Å². The second-order valence-electron chi connectivity index (χ2n) is 4.98. The Bertz CT molecular complexity index is 621. The van der Waals surface area contributed by atoms with Crippen LogP contribution in [-0.2, 0) is 12.7 Å². The number of hydrogen-bond donors (Lipinski definition) is 1. The molecular weight excluding hydrogens is 279 g/mol. The molecule has 6 heteroatoms. The summed E-state index contributed by atoms with van der Waals surface area (Å²) in [5.74, 6) is 0.0541. The fourth-order valence-corrected chi connectivity index (χ4v) is 1.94. The molecule has 21 heavy (non-hydrogen) atoms. The number of aromatic nitrogens is 1. The first-order chi connectivity index (χ1) is 9.75. The lowest BCUT2D eigenvalue weighted by Crippen LogP contribution is -2.19. The van der Waals surface area contributed by atoms with E-state index in [0.29, 0.717) is 6.54 Å². The first kappa shape index (κ1) is 15.2. The van der Waals surface area contributed by atoms with Gasteiger partial charge in [-0.15, -0.1) is 0 Å². The highest BCUT2D eigenvalue weighted by Gasteiger charge is 2.31. The van der Waals surface area contributed by atoms with Crippen LogP contribution in [-0.4, -0.2) is 12.0 Å². The molecule has 0 bridgehead atoms. The van der Waals surface area contributed by atoms with Crippen molar-refractivity contribution in [3.63, 3.8) is 0 Å². The van der Waals surface area contributed by atoms with Crippen molar-refractivity contribution < 1.29 is 13.2 Å².